The molecule has 1 aromatic carbocycles. The average Bonchev–Trinajstić information content (AvgIpc) is 2.54. The van der Waals surface area contributed by atoms with Crippen molar-refractivity contribution in [2.24, 2.45) is 0 Å². The van der Waals surface area contributed by atoms with E-state index in [-0.39, 0.29) is 24.3 Å². The lowest BCUT2D eigenvalue weighted by Crippen LogP contribution is -2.30. The number of amides is 1. The Morgan fingerprint density at radius 3 is 2.63 bits per heavy atom. The highest BCUT2D eigenvalue weighted by molar-refractivity contribution is 5.92. The van der Waals surface area contributed by atoms with Gasteiger partial charge in [-0.25, -0.2) is 13.8 Å². The lowest BCUT2D eigenvalue weighted by molar-refractivity contribution is -0.117. The topological polar surface area (TPSA) is 66.7 Å². The number of aryl methyl sites for hydroxylation is 1. The molecule has 0 aliphatic heterocycles. The molecule has 1 N–H and O–H groups in total. The van der Waals surface area contributed by atoms with Gasteiger partial charge in [0.2, 0.25) is 5.91 Å². The summed E-state index contributed by atoms with van der Waals surface area (Å²) in [5, 5.41) is 2.44. The maximum Gasteiger partial charge on any atom is 0.258 e. The Hall–Kier alpha value is -3.13. The van der Waals surface area contributed by atoms with E-state index in [2.05, 4.69) is 10.3 Å². The Balaban J connectivity index is 1.69. The second-order valence-corrected chi connectivity index (χ2v) is 6.35. The minimum absolute atomic E-state index is 0.0348. The van der Waals surface area contributed by atoms with Crippen LogP contribution >= 0.6 is 0 Å². The molecule has 0 saturated carbocycles. The highest BCUT2D eigenvalue weighted by Gasteiger charge is 2.11. The number of hydrogen-bond donors (Lipinski definition) is 1. The summed E-state index contributed by atoms with van der Waals surface area (Å²) in [6, 6.07) is 7.86. The zero-order valence-corrected chi connectivity index (χ0v) is 14.9. The minimum atomic E-state index is -0.769. The summed E-state index contributed by atoms with van der Waals surface area (Å²) in [5.74, 6) is -1.97. The SMILES string of the molecule is Cc1cccn2c(=O)cc(CN(C)CC(=O)Nc3cc(F)cc(F)c3)nc12. The molecular weight excluding hydrogens is 354 g/mol. The van der Waals surface area contributed by atoms with E-state index in [0.29, 0.717) is 11.3 Å². The maximum absolute atomic E-state index is 13.2. The summed E-state index contributed by atoms with van der Waals surface area (Å²) in [7, 11) is 1.69. The molecule has 2 heterocycles. The molecule has 0 atom stereocenters. The number of carbonyl (C=O) groups is 1. The summed E-state index contributed by atoms with van der Waals surface area (Å²) >= 11 is 0. The number of nitrogens with one attached hydrogen (secondary N) is 1. The summed E-state index contributed by atoms with van der Waals surface area (Å²) in [4.78, 5) is 30.4. The van der Waals surface area contributed by atoms with Gasteiger partial charge in [-0.15, -0.1) is 0 Å². The van der Waals surface area contributed by atoms with E-state index in [9.17, 15) is 18.4 Å². The van der Waals surface area contributed by atoms with Gasteiger partial charge in [-0.05, 0) is 37.7 Å². The molecular formula is C19H18F2N4O2. The molecule has 3 rings (SSSR count). The molecule has 0 fully saturated rings. The third-order valence-corrected chi connectivity index (χ3v) is 3.93. The first-order valence-electron chi connectivity index (χ1n) is 8.24. The Labute approximate surface area is 154 Å². The number of benzene rings is 1. The number of aromatic nitrogens is 2. The summed E-state index contributed by atoms with van der Waals surface area (Å²) in [6.45, 7) is 2.10. The molecule has 1 amide bonds. The van der Waals surface area contributed by atoms with Crippen molar-refractivity contribution in [2.75, 3.05) is 18.9 Å². The summed E-state index contributed by atoms with van der Waals surface area (Å²) in [6.07, 6.45) is 1.65. The highest BCUT2D eigenvalue weighted by Crippen LogP contribution is 2.13. The van der Waals surface area contributed by atoms with Gasteiger partial charge in [0.25, 0.3) is 5.56 Å². The van der Waals surface area contributed by atoms with Crippen LogP contribution in [0.1, 0.15) is 11.3 Å². The fourth-order valence-electron chi connectivity index (χ4n) is 2.79. The monoisotopic (exact) mass is 372 g/mol. The second kappa shape index (κ2) is 7.63. The van der Waals surface area contributed by atoms with Crippen molar-refractivity contribution in [3.63, 3.8) is 0 Å². The highest BCUT2D eigenvalue weighted by atomic mass is 19.1. The number of hydrogen-bond acceptors (Lipinski definition) is 4. The molecule has 2 aromatic heterocycles. The van der Waals surface area contributed by atoms with Crippen molar-refractivity contribution < 1.29 is 13.6 Å². The lowest BCUT2D eigenvalue weighted by atomic mass is 10.2. The van der Waals surface area contributed by atoms with Gasteiger partial charge in [0.1, 0.15) is 17.3 Å². The third kappa shape index (κ3) is 4.53. The molecule has 3 aromatic rings. The van der Waals surface area contributed by atoms with E-state index < -0.39 is 17.5 Å². The van der Waals surface area contributed by atoms with E-state index in [1.54, 1.807) is 24.2 Å². The van der Waals surface area contributed by atoms with Crippen LogP contribution in [0.2, 0.25) is 0 Å². The van der Waals surface area contributed by atoms with Crippen LogP contribution in [-0.4, -0.2) is 33.8 Å². The van der Waals surface area contributed by atoms with Gasteiger partial charge >= 0.3 is 0 Å². The summed E-state index contributed by atoms with van der Waals surface area (Å²) < 4.78 is 27.8. The second-order valence-electron chi connectivity index (χ2n) is 6.35. The van der Waals surface area contributed by atoms with Gasteiger partial charge in [-0.2, -0.15) is 0 Å². The van der Waals surface area contributed by atoms with E-state index in [1.165, 1.54) is 10.5 Å². The van der Waals surface area contributed by atoms with Crippen LogP contribution in [0.4, 0.5) is 14.5 Å². The molecule has 140 valence electrons. The van der Waals surface area contributed by atoms with Crippen LogP contribution in [-0.2, 0) is 11.3 Å². The molecule has 0 radical (unpaired) electrons. The average molecular weight is 372 g/mol. The molecule has 0 unspecified atom stereocenters. The molecule has 0 spiro atoms. The quantitative estimate of drug-likeness (QED) is 0.747. The Morgan fingerprint density at radius 2 is 1.93 bits per heavy atom. The molecule has 6 nitrogen and oxygen atoms in total. The number of nitrogens with zero attached hydrogens (tertiary/aromatic N) is 3. The first-order valence-corrected chi connectivity index (χ1v) is 8.24. The van der Waals surface area contributed by atoms with Gasteiger partial charge in [-0.1, -0.05) is 6.07 Å². The fourth-order valence-corrected chi connectivity index (χ4v) is 2.79. The van der Waals surface area contributed by atoms with Crippen molar-refractivity contribution in [2.45, 2.75) is 13.5 Å². The number of anilines is 1. The van der Waals surface area contributed by atoms with E-state index in [4.69, 9.17) is 0 Å². The largest absolute Gasteiger partial charge is 0.325 e. The number of carbonyl (C=O) groups excluding carboxylic acids is 1. The van der Waals surface area contributed by atoms with Crippen LogP contribution < -0.4 is 10.9 Å². The lowest BCUT2D eigenvalue weighted by Gasteiger charge is -2.16. The van der Waals surface area contributed by atoms with Gasteiger partial charge in [-0.3, -0.25) is 18.9 Å². The number of fused-ring (bicyclic) bond motifs is 1. The number of halogens is 2. The molecule has 0 bridgehead atoms. The molecule has 0 aliphatic rings. The van der Waals surface area contributed by atoms with Crippen molar-refractivity contribution in [3.8, 4) is 0 Å². The van der Waals surface area contributed by atoms with Crippen molar-refractivity contribution >= 4 is 17.2 Å². The first-order chi connectivity index (χ1) is 12.8. The molecule has 27 heavy (non-hydrogen) atoms. The van der Waals surface area contributed by atoms with Gasteiger partial charge < -0.3 is 5.32 Å². The van der Waals surface area contributed by atoms with Crippen molar-refractivity contribution in [3.05, 3.63) is 75.8 Å². The predicted octanol–water partition coefficient (Wildman–Crippen LogP) is 2.35. The standard InChI is InChI=1S/C19H18F2N4O2/c1-12-4-3-5-25-18(27)9-16(23-19(12)25)10-24(2)11-17(26)22-15-7-13(20)6-14(21)8-15/h3-9H,10-11H2,1-2H3,(H,22,26). The zero-order valence-electron chi connectivity index (χ0n) is 14.9. The van der Waals surface area contributed by atoms with Crippen LogP contribution in [0.5, 0.6) is 0 Å². The van der Waals surface area contributed by atoms with Crippen LogP contribution in [0.25, 0.3) is 5.65 Å². The number of rotatable bonds is 5. The third-order valence-electron chi connectivity index (χ3n) is 3.93. The normalized spacial score (nSPS) is 11.1. The molecule has 0 aliphatic carbocycles. The van der Waals surface area contributed by atoms with E-state index in [0.717, 1.165) is 23.8 Å². The number of pyridine rings is 1. The fraction of sp³-hybridized carbons (Fsp3) is 0.211. The van der Waals surface area contributed by atoms with Gasteiger partial charge in [0, 0.05) is 30.6 Å². The van der Waals surface area contributed by atoms with Gasteiger partial charge in [0.15, 0.2) is 0 Å². The molecule has 0 saturated heterocycles. The molecule has 8 heteroatoms. The van der Waals surface area contributed by atoms with Crippen LogP contribution in [0.3, 0.4) is 0 Å². The van der Waals surface area contributed by atoms with Crippen LogP contribution in [0.15, 0.2) is 47.4 Å². The minimum Gasteiger partial charge on any atom is -0.325 e. The number of likely N-dealkylation sites (N-methyl/N-ethyl adjacent to an activating group) is 1. The predicted molar refractivity (Wildman–Crippen MR) is 97.5 cm³/mol. The van der Waals surface area contributed by atoms with E-state index >= 15 is 0 Å². The van der Waals surface area contributed by atoms with Crippen molar-refractivity contribution in [1.82, 2.24) is 14.3 Å². The van der Waals surface area contributed by atoms with Crippen molar-refractivity contribution in [1.29, 1.82) is 0 Å². The Kier molecular flexibility index (Phi) is 5.27. The smallest absolute Gasteiger partial charge is 0.258 e. The zero-order chi connectivity index (χ0) is 19.6. The summed E-state index contributed by atoms with van der Waals surface area (Å²) in [5.41, 5.74) is 1.80. The Morgan fingerprint density at radius 1 is 1.22 bits per heavy atom. The maximum atomic E-state index is 13.2. The van der Waals surface area contributed by atoms with Crippen LogP contribution in [0, 0.1) is 18.6 Å². The first kappa shape index (κ1) is 18.7. The Bertz CT molecular complexity index is 1040. The van der Waals surface area contributed by atoms with E-state index in [1.807, 2.05) is 13.0 Å². The van der Waals surface area contributed by atoms with Gasteiger partial charge in [0.05, 0.1) is 12.2 Å².